The second-order valence-electron chi connectivity index (χ2n) is 4.67. The van der Waals surface area contributed by atoms with Gasteiger partial charge in [0.2, 0.25) is 0 Å². The molecule has 2 rings (SSSR count). The third-order valence-corrected chi connectivity index (χ3v) is 3.43. The highest BCUT2D eigenvalue weighted by molar-refractivity contribution is 7.80. The number of aromatic nitrogens is 1. The Hall–Kier alpha value is -1.74. The Balaban J connectivity index is 2.19. The Morgan fingerprint density at radius 1 is 1.10 bits per heavy atom. The van der Waals surface area contributed by atoms with Crippen LogP contribution in [0.4, 0.5) is 0 Å². The first-order valence-corrected chi connectivity index (χ1v) is 7.32. The molecule has 1 heterocycles. The Kier molecular flexibility index (Phi) is 5.69. The first kappa shape index (κ1) is 14.7. The Labute approximate surface area is 125 Å². The summed E-state index contributed by atoms with van der Waals surface area (Å²) in [5.41, 5.74) is 2.47. The molecule has 1 unspecified atom stereocenters. The highest BCUT2D eigenvalue weighted by Gasteiger charge is 2.16. The summed E-state index contributed by atoms with van der Waals surface area (Å²) >= 11 is 5.36. The average Bonchev–Trinajstić information content (AvgIpc) is 2.52. The maximum absolute atomic E-state index is 5.58. The maximum atomic E-state index is 5.58. The van der Waals surface area contributed by atoms with Crippen molar-refractivity contribution in [3.05, 3.63) is 66.0 Å². The number of thiocarbonyl (C=S) groups is 1. The van der Waals surface area contributed by atoms with Crippen LogP contribution in [0.25, 0.3) is 0 Å². The Morgan fingerprint density at radius 3 is 2.40 bits per heavy atom. The van der Waals surface area contributed by atoms with Crippen molar-refractivity contribution in [1.82, 2.24) is 4.98 Å². The molecule has 0 radical (unpaired) electrons. The SMILES string of the molecule is CCCOC(=S)CC(c1ccccc1)c1ccncc1. The largest absolute Gasteiger partial charge is 0.487 e. The van der Waals surface area contributed by atoms with E-state index in [0.717, 1.165) is 12.8 Å². The molecule has 104 valence electrons. The molecule has 0 fully saturated rings. The van der Waals surface area contributed by atoms with E-state index >= 15 is 0 Å². The molecule has 2 nitrogen and oxygen atoms in total. The lowest BCUT2D eigenvalue weighted by Gasteiger charge is -2.18. The van der Waals surface area contributed by atoms with Gasteiger partial charge >= 0.3 is 0 Å². The van der Waals surface area contributed by atoms with Gasteiger partial charge in [-0.25, -0.2) is 0 Å². The van der Waals surface area contributed by atoms with Gasteiger partial charge in [-0.3, -0.25) is 4.98 Å². The van der Waals surface area contributed by atoms with E-state index in [1.54, 1.807) is 0 Å². The minimum atomic E-state index is 0.226. The van der Waals surface area contributed by atoms with Crippen LogP contribution in [-0.4, -0.2) is 16.6 Å². The van der Waals surface area contributed by atoms with E-state index in [2.05, 4.69) is 36.2 Å². The summed E-state index contributed by atoms with van der Waals surface area (Å²) in [6.45, 7) is 2.77. The van der Waals surface area contributed by atoms with E-state index in [-0.39, 0.29) is 5.92 Å². The second kappa shape index (κ2) is 7.75. The Bertz CT molecular complexity index is 488. The number of hydrogen-bond donors (Lipinski definition) is 0. The molecule has 0 aliphatic carbocycles. The van der Waals surface area contributed by atoms with Gasteiger partial charge in [-0.1, -0.05) is 37.3 Å². The quantitative estimate of drug-likeness (QED) is 0.736. The number of pyridine rings is 1. The number of hydrogen-bond acceptors (Lipinski definition) is 3. The number of nitrogens with zero attached hydrogens (tertiary/aromatic N) is 1. The van der Waals surface area contributed by atoms with E-state index in [1.165, 1.54) is 11.1 Å². The first-order chi connectivity index (χ1) is 9.81. The highest BCUT2D eigenvalue weighted by Crippen LogP contribution is 2.28. The lowest BCUT2D eigenvalue weighted by atomic mass is 9.89. The van der Waals surface area contributed by atoms with Crippen LogP contribution in [-0.2, 0) is 4.74 Å². The van der Waals surface area contributed by atoms with Crippen molar-refractivity contribution < 1.29 is 4.74 Å². The molecule has 1 atom stereocenters. The van der Waals surface area contributed by atoms with E-state index < -0.39 is 0 Å². The highest BCUT2D eigenvalue weighted by atomic mass is 32.1. The minimum absolute atomic E-state index is 0.226. The van der Waals surface area contributed by atoms with Crippen molar-refractivity contribution in [2.75, 3.05) is 6.61 Å². The average molecular weight is 285 g/mol. The monoisotopic (exact) mass is 285 g/mol. The topological polar surface area (TPSA) is 22.1 Å². The van der Waals surface area contributed by atoms with Crippen LogP contribution in [0.1, 0.15) is 36.8 Å². The van der Waals surface area contributed by atoms with Gasteiger partial charge in [0.15, 0.2) is 5.05 Å². The van der Waals surface area contributed by atoms with Crippen LogP contribution >= 0.6 is 12.2 Å². The molecule has 0 aliphatic heterocycles. The molecule has 0 saturated carbocycles. The standard InChI is InChI=1S/C17H19NOS/c1-2-12-19-17(20)13-16(14-6-4-3-5-7-14)15-8-10-18-11-9-15/h3-11,16H,2,12-13H2,1H3. The van der Waals surface area contributed by atoms with Crippen molar-refractivity contribution in [1.29, 1.82) is 0 Å². The van der Waals surface area contributed by atoms with Gasteiger partial charge in [0.25, 0.3) is 0 Å². The zero-order valence-electron chi connectivity index (χ0n) is 11.7. The lowest BCUT2D eigenvalue weighted by molar-refractivity contribution is 0.303. The van der Waals surface area contributed by atoms with Crippen LogP contribution < -0.4 is 0 Å². The molecular weight excluding hydrogens is 266 g/mol. The summed E-state index contributed by atoms with van der Waals surface area (Å²) < 4.78 is 5.58. The fourth-order valence-electron chi connectivity index (χ4n) is 2.15. The van der Waals surface area contributed by atoms with Crippen LogP contribution in [0.5, 0.6) is 0 Å². The van der Waals surface area contributed by atoms with E-state index in [1.807, 2.05) is 30.6 Å². The fourth-order valence-corrected chi connectivity index (χ4v) is 2.40. The molecule has 0 saturated heterocycles. The van der Waals surface area contributed by atoms with Crippen LogP contribution in [0.3, 0.4) is 0 Å². The molecule has 0 aliphatic rings. The number of rotatable bonds is 6. The van der Waals surface area contributed by atoms with Gasteiger partial charge in [0.1, 0.15) is 0 Å². The van der Waals surface area contributed by atoms with E-state index in [0.29, 0.717) is 11.7 Å². The summed E-state index contributed by atoms with van der Waals surface area (Å²) in [4.78, 5) is 4.09. The van der Waals surface area contributed by atoms with Gasteiger partial charge in [-0.2, -0.15) is 0 Å². The summed E-state index contributed by atoms with van der Waals surface area (Å²) in [5.74, 6) is 0.226. The summed E-state index contributed by atoms with van der Waals surface area (Å²) in [6.07, 6.45) is 5.34. The van der Waals surface area contributed by atoms with E-state index in [9.17, 15) is 0 Å². The lowest BCUT2D eigenvalue weighted by Crippen LogP contribution is -2.10. The zero-order valence-corrected chi connectivity index (χ0v) is 12.5. The van der Waals surface area contributed by atoms with E-state index in [4.69, 9.17) is 17.0 Å². The van der Waals surface area contributed by atoms with Crippen molar-refractivity contribution in [2.24, 2.45) is 0 Å². The van der Waals surface area contributed by atoms with Gasteiger partial charge in [0.05, 0.1) is 6.61 Å². The van der Waals surface area contributed by atoms with Crippen LogP contribution in [0.15, 0.2) is 54.9 Å². The molecule has 1 aromatic carbocycles. The van der Waals surface area contributed by atoms with Crippen molar-refractivity contribution >= 4 is 17.3 Å². The smallest absolute Gasteiger partial charge is 0.160 e. The third-order valence-electron chi connectivity index (χ3n) is 3.15. The van der Waals surface area contributed by atoms with Crippen LogP contribution in [0, 0.1) is 0 Å². The molecule has 0 bridgehead atoms. The van der Waals surface area contributed by atoms with Gasteiger partial charge in [-0.15, -0.1) is 0 Å². The third kappa shape index (κ3) is 4.14. The van der Waals surface area contributed by atoms with Crippen LogP contribution in [0.2, 0.25) is 0 Å². The van der Waals surface area contributed by atoms with Gasteiger partial charge in [-0.05, 0) is 41.9 Å². The van der Waals surface area contributed by atoms with Crippen molar-refractivity contribution in [2.45, 2.75) is 25.7 Å². The minimum Gasteiger partial charge on any atom is -0.487 e. The fraction of sp³-hybridized carbons (Fsp3) is 0.294. The van der Waals surface area contributed by atoms with Gasteiger partial charge < -0.3 is 4.74 Å². The molecular formula is C17H19NOS. The predicted molar refractivity (Wildman–Crippen MR) is 86.0 cm³/mol. The summed E-state index contributed by atoms with van der Waals surface area (Å²) in [6, 6.07) is 14.5. The molecule has 0 amide bonds. The van der Waals surface area contributed by atoms with Gasteiger partial charge in [0, 0.05) is 24.7 Å². The predicted octanol–water partition coefficient (Wildman–Crippen LogP) is 4.36. The number of ether oxygens (including phenoxy) is 1. The molecule has 20 heavy (non-hydrogen) atoms. The zero-order chi connectivity index (χ0) is 14.2. The van der Waals surface area contributed by atoms with Crippen molar-refractivity contribution in [3.63, 3.8) is 0 Å². The van der Waals surface area contributed by atoms with Crippen molar-refractivity contribution in [3.8, 4) is 0 Å². The summed E-state index contributed by atoms with van der Waals surface area (Å²) in [7, 11) is 0. The first-order valence-electron chi connectivity index (χ1n) is 6.91. The number of benzene rings is 1. The molecule has 1 aromatic heterocycles. The second-order valence-corrected chi connectivity index (χ2v) is 5.12. The maximum Gasteiger partial charge on any atom is 0.160 e. The normalized spacial score (nSPS) is 11.8. The molecule has 2 aromatic rings. The molecule has 3 heteroatoms. The summed E-state index contributed by atoms with van der Waals surface area (Å²) in [5, 5.41) is 0.678. The molecule has 0 N–H and O–H groups in total. The Morgan fingerprint density at radius 2 is 1.75 bits per heavy atom. The molecule has 0 spiro atoms.